The van der Waals surface area contributed by atoms with Crippen LogP contribution in [-0.4, -0.2) is 12.5 Å². The maximum Gasteiger partial charge on any atom is 0.261 e. The van der Waals surface area contributed by atoms with Crippen molar-refractivity contribution < 1.29 is 4.79 Å². The topological polar surface area (TPSA) is 55.1 Å². The minimum absolute atomic E-state index is 0.0688. The summed E-state index contributed by atoms with van der Waals surface area (Å²) in [5.41, 5.74) is 5.32. The first-order valence-corrected chi connectivity index (χ1v) is 7.96. The van der Waals surface area contributed by atoms with E-state index < -0.39 is 0 Å². The largest absolute Gasteiger partial charge is 0.344 e. The molecule has 2 aromatic heterocycles. The quantitative estimate of drug-likeness (QED) is 0.851. The van der Waals surface area contributed by atoms with E-state index in [4.69, 9.17) is 17.3 Å². The summed E-state index contributed by atoms with van der Waals surface area (Å²) in [5.74, 6) is 5.58. The maximum atomic E-state index is 12.1. The van der Waals surface area contributed by atoms with Crippen LogP contribution in [0.3, 0.4) is 0 Å². The van der Waals surface area contributed by atoms with Crippen LogP contribution in [0.2, 0.25) is 4.34 Å². The molecule has 2 heterocycles. The number of hydrogen-bond donors (Lipinski definition) is 2. The molecule has 2 rings (SSSR count). The Bertz CT molecular complexity index is 666. The van der Waals surface area contributed by atoms with Crippen molar-refractivity contribution in [3.63, 3.8) is 0 Å². The van der Waals surface area contributed by atoms with E-state index in [0.717, 1.165) is 14.1 Å². The third-order valence-electron chi connectivity index (χ3n) is 2.51. The van der Waals surface area contributed by atoms with Gasteiger partial charge in [0, 0.05) is 4.88 Å². The Kier molecular flexibility index (Phi) is 5.21. The summed E-state index contributed by atoms with van der Waals surface area (Å²) in [7, 11) is 0. The predicted octanol–water partition coefficient (Wildman–Crippen LogP) is 3.26. The molecule has 1 amide bonds. The second-order valence-corrected chi connectivity index (χ2v) is 6.84. The standard InChI is InChI=1S/C14H13ClN2OS2/c1-9(11-6-7-13(15)20-11)17-14(18)12-5-4-10(19-12)3-2-8-16/h4-7,9H,8,16H2,1H3,(H,17,18). The Morgan fingerprint density at radius 1 is 1.40 bits per heavy atom. The molecule has 0 spiro atoms. The SMILES string of the molecule is CC(NC(=O)c1ccc(C#CCN)s1)c1ccc(Cl)s1. The number of rotatable bonds is 3. The van der Waals surface area contributed by atoms with Crippen LogP contribution in [-0.2, 0) is 0 Å². The number of hydrogen-bond acceptors (Lipinski definition) is 4. The minimum atomic E-state index is -0.104. The van der Waals surface area contributed by atoms with E-state index in [2.05, 4.69) is 17.2 Å². The lowest BCUT2D eigenvalue weighted by molar-refractivity contribution is 0.0944. The van der Waals surface area contributed by atoms with Crippen molar-refractivity contribution in [3.05, 3.63) is 43.2 Å². The molecule has 0 saturated heterocycles. The van der Waals surface area contributed by atoms with Crippen molar-refractivity contribution >= 4 is 40.2 Å². The van der Waals surface area contributed by atoms with Crippen LogP contribution in [0.25, 0.3) is 0 Å². The Morgan fingerprint density at radius 2 is 2.20 bits per heavy atom. The summed E-state index contributed by atoms with van der Waals surface area (Å²) < 4.78 is 0.719. The monoisotopic (exact) mass is 324 g/mol. The van der Waals surface area contributed by atoms with Gasteiger partial charge in [-0.25, -0.2) is 0 Å². The highest BCUT2D eigenvalue weighted by Crippen LogP contribution is 2.27. The summed E-state index contributed by atoms with van der Waals surface area (Å²) in [6, 6.07) is 7.28. The van der Waals surface area contributed by atoms with Crippen LogP contribution >= 0.6 is 34.3 Å². The molecule has 1 unspecified atom stereocenters. The third-order valence-corrected chi connectivity index (χ3v) is 4.93. The van der Waals surface area contributed by atoms with Gasteiger partial charge >= 0.3 is 0 Å². The third kappa shape index (κ3) is 3.84. The van der Waals surface area contributed by atoms with Gasteiger partial charge in [0.1, 0.15) is 0 Å². The Morgan fingerprint density at radius 3 is 2.85 bits per heavy atom. The second kappa shape index (κ2) is 6.91. The van der Waals surface area contributed by atoms with Gasteiger partial charge in [0.2, 0.25) is 0 Å². The average molecular weight is 325 g/mol. The molecule has 6 heteroatoms. The molecule has 0 bridgehead atoms. The zero-order valence-corrected chi connectivity index (χ0v) is 13.2. The molecule has 0 aromatic carbocycles. The van der Waals surface area contributed by atoms with Crippen molar-refractivity contribution in [1.82, 2.24) is 5.32 Å². The number of halogens is 1. The van der Waals surface area contributed by atoms with E-state index in [9.17, 15) is 4.79 Å². The summed E-state index contributed by atoms with van der Waals surface area (Å²) in [6.45, 7) is 2.25. The molecule has 1 atom stereocenters. The fraction of sp³-hybridized carbons (Fsp3) is 0.214. The molecule has 0 saturated carbocycles. The normalized spacial score (nSPS) is 11.6. The smallest absolute Gasteiger partial charge is 0.261 e. The molecule has 0 radical (unpaired) electrons. The molecule has 104 valence electrons. The highest BCUT2D eigenvalue weighted by molar-refractivity contribution is 7.16. The number of amides is 1. The summed E-state index contributed by atoms with van der Waals surface area (Å²) in [5, 5.41) is 2.95. The number of carbonyl (C=O) groups excluding carboxylic acids is 1. The van der Waals surface area contributed by atoms with E-state index in [1.165, 1.54) is 22.7 Å². The van der Waals surface area contributed by atoms with E-state index in [-0.39, 0.29) is 11.9 Å². The minimum Gasteiger partial charge on any atom is -0.344 e. The van der Waals surface area contributed by atoms with Crippen LogP contribution < -0.4 is 11.1 Å². The predicted molar refractivity (Wildman–Crippen MR) is 85.5 cm³/mol. The van der Waals surface area contributed by atoms with E-state index in [1.54, 1.807) is 6.07 Å². The van der Waals surface area contributed by atoms with Gasteiger partial charge < -0.3 is 11.1 Å². The molecule has 20 heavy (non-hydrogen) atoms. The van der Waals surface area contributed by atoms with Crippen LogP contribution in [0.1, 0.15) is 32.4 Å². The Balaban J connectivity index is 2.02. The van der Waals surface area contributed by atoms with Gasteiger partial charge in [-0.15, -0.1) is 22.7 Å². The molecular formula is C14H13ClN2OS2. The first-order valence-electron chi connectivity index (χ1n) is 5.95. The zero-order valence-electron chi connectivity index (χ0n) is 10.8. The zero-order chi connectivity index (χ0) is 14.5. The molecule has 3 N–H and O–H groups in total. The molecule has 3 nitrogen and oxygen atoms in total. The fourth-order valence-corrected chi connectivity index (χ4v) is 3.41. The molecule has 0 aliphatic heterocycles. The first kappa shape index (κ1) is 15.1. The van der Waals surface area contributed by atoms with Crippen molar-refractivity contribution in [1.29, 1.82) is 0 Å². The van der Waals surface area contributed by atoms with Gasteiger partial charge in [0.05, 0.1) is 26.7 Å². The molecule has 0 fully saturated rings. The lowest BCUT2D eigenvalue weighted by Crippen LogP contribution is -2.25. The second-order valence-electron chi connectivity index (χ2n) is 4.01. The number of nitrogens with two attached hydrogens (primary N) is 1. The highest BCUT2D eigenvalue weighted by atomic mass is 35.5. The Labute approximate surface area is 130 Å². The fourth-order valence-electron chi connectivity index (χ4n) is 1.57. The lowest BCUT2D eigenvalue weighted by Gasteiger charge is -2.10. The summed E-state index contributed by atoms with van der Waals surface area (Å²) in [6.07, 6.45) is 0. The molecular weight excluding hydrogens is 312 g/mol. The van der Waals surface area contributed by atoms with Crippen LogP contribution in [0.5, 0.6) is 0 Å². The van der Waals surface area contributed by atoms with Gasteiger partial charge in [0.25, 0.3) is 5.91 Å². The first-order chi connectivity index (χ1) is 9.60. The molecule has 0 aliphatic rings. The lowest BCUT2D eigenvalue weighted by atomic mass is 10.2. The van der Waals surface area contributed by atoms with Gasteiger partial charge in [-0.1, -0.05) is 23.4 Å². The summed E-state index contributed by atoms with van der Waals surface area (Å²) >= 11 is 8.72. The van der Waals surface area contributed by atoms with Gasteiger partial charge in [0.15, 0.2) is 0 Å². The van der Waals surface area contributed by atoms with Crippen molar-refractivity contribution in [2.75, 3.05) is 6.54 Å². The average Bonchev–Trinajstić information content (AvgIpc) is 3.05. The van der Waals surface area contributed by atoms with Crippen molar-refractivity contribution in [3.8, 4) is 11.8 Å². The maximum absolute atomic E-state index is 12.1. The van der Waals surface area contributed by atoms with Crippen molar-refractivity contribution in [2.24, 2.45) is 5.73 Å². The van der Waals surface area contributed by atoms with Crippen LogP contribution in [0.15, 0.2) is 24.3 Å². The van der Waals surface area contributed by atoms with E-state index in [0.29, 0.717) is 11.4 Å². The van der Waals surface area contributed by atoms with Gasteiger partial charge in [-0.2, -0.15) is 0 Å². The number of carbonyl (C=O) groups is 1. The Hall–Kier alpha value is -1.32. The van der Waals surface area contributed by atoms with Crippen LogP contribution in [0, 0.1) is 11.8 Å². The van der Waals surface area contributed by atoms with Gasteiger partial charge in [-0.05, 0) is 31.2 Å². The van der Waals surface area contributed by atoms with Crippen molar-refractivity contribution in [2.45, 2.75) is 13.0 Å². The highest BCUT2D eigenvalue weighted by Gasteiger charge is 2.14. The van der Waals surface area contributed by atoms with E-state index in [1.807, 2.05) is 25.1 Å². The molecule has 2 aromatic rings. The molecule has 0 aliphatic carbocycles. The summed E-state index contributed by atoms with van der Waals surface area (Å²) in [4.78, 5) is 14.6. The van der Waals surface area contributed by atoms with E-state index >= 15 is 0 Å². The number of thiophene rings is 2. The van der Waals surface area contributed by atoms with Gasteiger partial charge in [-0.3, -0.25) is 4.79 Å². The van der Waals surface area contributed by atoms with Crippen LogP contribution in [0.4, 0.5) is 0 Å². The number of nitrogens with one attached hydrogen (secondary N) is 1.